The monoisotopic (exact) mass is 439 g/mol. The summed E-state index contributed by atoms with van der Waals surface area (Å²) in [6.07, 6.45) is 12.8. The van der Waals surface area contributed by atoms with E-state index in [-0.39, 0.29) is 6.09 Å². The lowest BCUT2D eigenvalue weighted by Crippen LogP contribution is -2.51. The summed E-state index contributed by atoms with van der Waals surface area (Å²) in [5, 5.41) is 1.56. The number of rotatable bonds is 6. The Labute approximate surface area is 190 Å². The van der Waals surface area contributed by atoms with Crippen molar-refractivity contribution in [3.05, 3.63) is 54.0 Å². The van der Waals surface area contributed by atoms with Crippen molar-refractivity contribution >= 4 is 14.2 Å². The zero-order chi connectivity index (χ0) is 22.6. The largest absolute Gasteiger partial charge is 0.423 e. The molecule has 0 spiro atoms. The number of ether oxygens (including phenoxy) is 1. The molecule has 0 saturated heterocycles. The predicted molar refractivity (Wildman–Crippen MR) is 133 cm³/mol. The number of nitrogens with zero attached hydrogens (tertiary/aromatic N) is 1. The van der Waals surface area contributed by atoms with Gasteiger partial charge in [0.1, 0.15) is 5.75 Å². The molecular formula is C27H41NO2Si. The van der Waals surface area contributed by atoms with E-state index in [1.807, 2.05) is 36.5 Å². The number of para-hydroxylation sites is 1. The summed E-state index contributed by atoms with van der Waals surface area (Å²) in [6.45, 7) is 14.5. The van der Waals surface area contributed by atoms with Gasteiger partial charge in [0.15, 0.2) is 0 Å². The van der Waals surface area contributed by atoms with Gasteiger partial charge in [-0.1, -0.05) is 90.3 Å². The molecule has 0 aromatic heterocycles. The third-order valence-corrected chi connectivity index (χ3v) is 15.0. The Bertz CT molecular complexity index is 769. The summed E-state index contributed by atoms with van der Waals surface area (Å²) in [6, 6.07) is 9.37. The normalized spacial score (nSPS) is 20.5. The molecule has 170 valence electrons. The third-order valence-electron chi connectivity index (χ3n) is 7.77. The van der Waals surface area contributed by atoms with Crippen LogP contribution in [0.4, 0.5) is 4.79 Å². The van der Waals surface area contributed by atoms with Crippen LogP contribution in [0, 0.1) is 11.8 Å². The Morgan fingerprint density at radius 3 is 2.06 bits per heavy atom. The van der Waals surface area contributed by atoms with Crippen LogP contribution in [-0.4, -0.2) is 19.1 Å². The average molecular weight is 440 g/mol. The molecule has 0 N–H and O–H groups in total. The second-order valence-corrected chi connectivity index (χ2v) is 16.2. The molecule has 2 aliphatic rings. The molecule has 1 saturated carbocycles. The Hall–Kier alpha value is -1.81. The number of carbonyl (C=O) groups is 1. The predicted octanol–water partition coefficient (Wildman–Crippen LogP) is 8.31. The fourth-order valence-corrected chi connectivity index (χ4v) is 13.9. The summed E-state index contributed by atoms with van der Waals surface area (Å²) < 4.78 is 5.68. The first-order valence-corrected chi connectivity index (χ1v) is 14.5. The lowest BCUT2D eigenvalue weighted by atomic mass is 9.79. The average Bonchev–Trinajstić information content (AvgIpc) is 2.74. The van der Waals surface area contributed by atoms with E-state index in [1.165, 1.54) is 32.1 Å². The molecule has 1 unspecified atom stereocenters. The minimum atomic E-state index is -1.89. The molecule has 1 amide bonds. The third kappa shape index (κ3) is 4.84. The highest BCUT2D eigenvalue weighted by Crippen LogP contribution is 2.52. The summed E-state index contributed by atoms with van der Waals surface area (Å²) in [5.41, 5.74) is 1.84. The first-order chi connectivity index (χ1) is 14.8. The van der Waals surface area contributed by atoms with E-state index in [9.17, 15) is 4.79 Å². The minimum Gasteiger partial charge on any atom is -0.410 e. The van der Waals surface area contributed by atoms with E-state index in [2.05, 4.69) is 53.8 Å². The molecule has 0 radical (unpaired) electrons. The van der Waals surface area contributed by atoms with Crippen molar-refractivity contribution in [3.8, 4) is 5.75 Å². The number of hydrogen-bond donors (Lipinski definition) is 0. The number of allylic oxidation sites excluding steroid dienone is 2. The Kier molecular flexibility index (Phi) is 7.85. The van der Waals surface area contributed by atoms with E-state index >= 15 is 0 Å². The van der Waals surface area contributed by atoms with E-state index in [0.717, 1.165) is 0 Å². The lowest BCUT2D eigenvalue weighted by molar-refractivity contribution is 0.180. The number of amides is 1. The maximum Gasteiger partial charge on any atom is 0.423 e. The van der Waals surface area contributed by atoms with Crippen LogP contribution in [0.15, 0.2) is 54.0 Å². The van der Waals surface area contributed by atoms with Crippen molar-refractivity contribution in [1.82, 2.24) is 4.90 Å². The second-order valence-electron chi connectivity index (χ2n) is 10.3. The van der Waals surface area contributed by atoms with E-state index in [1.54, 1.807) is 10.1 Å². The SMILES string of the molecule is CC(C)[Si](C1=CN(C(=O)Oc2ccccc2)C=CC1C1CCCCC1)(C(C)C)C(C)C. The lowest BCUT2D eigenvalue weighted by Gasteiger charge is -2.50. The minimum absolute atomic E-state index is 0.318. The zero-order valence-electron chi connectivity index (χ0n) is 20.3. The molecule has 1 aliphatic heterocycles. The first-order valence-electron chi connectivity index (χ1n) is 12.2. The van der Waals surface area contributed by atoms with Crippen molar-refractivity contribution < 1.29 is 9.53 Å². The summed E-state index contributed by atoms with van der Waals surface area (Å²) in [4.78, 5) is 14.8. The molecule has 0 bridgehead atoms. The summed E-state index contributed by atoms with van der Waals surface area (Å²) in [7, 11) is -1.89. The maximum atomic E-state index is 13.1. The van der Waals surface area contributed by atoms with Crippen LogP contribution in [0.25, 0.3) is 0 Å². The van der Waals surface area contributed by atoms with Gasteiger partial charge < -0.3 is 4.74 Å². The van der Waals surface area contributed by atoms with Crippen molar-refractivity contribution in [3.63, 3.8) is 0 Å². The molecule has 1 aliphatic carbocycles. The van der Waals surface area contributed by atoms with E-state index in [4.69, 9.17) is 4.74 Å². The van der Waals surface area contributed by atoms with Gasteiger partial charge in [0, 0.05) is 18.3 Å². The van der Waals surface area contributed by atoms with E-state index in [0.29, 0.717) is 34.2 Å². The molecule has 31 heavy (non-hydrogen) atoms. The Morgan fingerprint density at radius 2 is 1.52 bits per heavy atom. The van der Waals surface area contributed by atoms with Crippen LogP contribution < -0.4 is 4.74 Å². The van der Waals surface area contributed by atoms with Crippen molar-refractivity contribution in [2.45, 2.75) is 90.3 Å². The molecular weight excluding hydrogens is 398 g/mol. The quantitative estimate of drug-likeness (QED) is 0.417. The van der Waals surface area contributed by atoms with Crippen LogP contribution in [0.3, 0.4) is 0 Å². The van der Waals surface area contributed by atoms with Crippen molar-refractivity contribution in [1.29, 1.82) is 0 Å². The molecule has 1 atom stereocenters. The van der Waals surface area contributed by atoms with Gasteiger partial charge in [-0.3, -0.25) is 4.90 Å². The van der Waals surface area contributed by atoms with Gasteiger partial charge in [-0.05, 0) is 47.5 Å². The van der Waals surface area contributed by atoms with Crippen LogP contribution in [0.2, 0.25) is 16.6 Å². The Balaban J connectivity index is 2.01. The smallest absolute Gasteiger partial charge is 0.410 e. The van der Waals surface area contributed by atoms with Crippen LogP contribution >= 0.6 is 0 Å². The van der Waals surface area contributed by atoms with Gasteiger partial charge in [-0.15, -0.1) is 0 Å². The second kappa shape index (κ2) is 10.2. The molecule has 3 nitrogen and oxygen atoms in total. The molecule has 3 rings (SSSR count). The van der Waals surface area contributed by atoms with Crippen LogP contribution in [0.1, 0.15) is 73.6 Å². The molecule has 1 aromatic carbocycles. The highest BCUT2D eigenvalue weighted by atomic mass is 28.3. The Morgan fingerprint density at radius 1 is 0.935 bits per heavy atom. The van der Waals surface area contributed by atoms with Crippen LogP contribution in [-0.2, 0) is 0 Å². The molecule has 1 fully saturated rings. The highest BCUT2D eigenvalue weighted by molar-refractivity contribution is 6.90. The maximum absolute atomic E-state index is 13.1. The van der Waals surface area contributed by atoms with E-state index < -0.39 is 8.07 Å². The van der Waals surface area contributed by atoms with Gasteiger partial charge >= 0.3 is 6.09 Å². The van der Waals surface area contributed by atoms with Crippen molar-refractivity contribution in [2.75, 3.05) is 0 Å². The first kappa shape index (κ1) is 23.8. The molecule has 4 heteroatoms. The van der Waals surface area contributed by atoms with Crippen LogP contribution in [0.5, 0.6) is 5.75 Å². The van der Waals surface area contributed by atoms with Crippen molar-refractivity contribution in [2.24, 2.45) is 11.8 Å². The topological polar surface area (TPSA) is 29.5 Å². The fraction of sp³-hybridized carbons (Fsp3) is 0.593. The fourth-order valence-electron chi connectivity index (χ4n) is 6.63. The highest BCUT2D eigenvalue weighted by Gasteiger charge is 2.49. The number of carbonyl (C=O) groups excluding carboxylic acids is 1. The standard InChI is InChI=1S/C27H41NO2Si/c1-20(2)31(21(3)4,22(5)6)26-19-28(27(29)30-24-15-11-8-12-16-24)18-17-25(26)23-13-9-7-10-14-23/h8,11-12,15-23,25H,7,9-10,13-14H2,1-6H3. The van der Waals surface area contributed by atoms with Gasteiger partial charge in [0.25, 0.3) is 0 Å². The zero-order valence-corrected chi connectivity index (χ0v) is 21.3. The number of hydrogen-bond acceptors (Lipinski definition) is 2. The van der Waals surface area contributed by atoms with Gasteiger partial charge in [0.2, 0.25) is 0 Å². The molecule has 1 aromatic rings. The summed E-state index contributed by atoms with van der Waals surface area (Å²) in [5.74, 6) is 1.75. The number of benzene rings is 1. The van der Waals surface area contributed by atoms with Gasteiger partial charge in [0.05, 0.1) is 8.07 Å². The summed E-state index contributed by atoms with van der Waals surface area (Å²) >= 11 is 0. The van der Waals surface area contributed by atoms with Gasteiger partial charge in [-0.2, -0.15) is 0 Å². The molecule has 1 heterocycles. The van der Waals surface area contributed by atoms with Gasteiger partial charge in [-0.25, -0.2) is 4.79 Å².